The Hall–Kier alpha value is -0.240. The average molecular weight is 343 g/mol. The van der Waals surface area contributed by atoms with Gasteiger partial charge in [0.15, 0.2) is 0 Å². The zero-order chi connectivity index (χ0) is 17.5. The van der Waals surface area contributed by atoms with Gasteiger partial charge < -0.3 is 20.1 Å². The maximum atomic E-state index is 9.39. The first-order valence-corrected chi connectivity index (χ1v) is 9.74. The van der Waals surface area contributed by atoms with Crippen LogP contribution in [0.3, 0.4) is 0 Å². The van der Waals surface area contributed by atoms with E-state index in [1.165, 1.54) is 13.0 Å². The summed E-state index contributed by atoms with van der Waals surface area (Å²) in [6, 6.07) is 1.37. The second kappa shape index (κ2) is 10.0. The largest absolute Gasteiger partial charge is 0.392 e. The van der Waals surface area contributed by atoms with Crippen molar-refractivity contribution in [1.82, 2.24) is 20.0 Å². The van der Waals surface area contributed by atoms with Crippen molar-refractivity contribution < 1.29 is 9.84 Å². The van der Waals surface area contributed by atoms with Crippen molar-refractivity contribution in [3.63, 3.8) is 0 Å². The summed E-state index contributed by atoms with van der Waals surface area (Å²) >= 11 is 0. The number of aliphatic hydroxyl groups is 1. The molecule has 0 amide bonds. The molecule has 4 heterocycles. The second-order valence-electron chi connectivity index (χ2n) is 7.25. The SMILES string of the molecule is CC.CN1CCN2CC(O)CC2C1.COC1CC2CNCCN2C1. The summed E-state index contributed by atoms with van der Waals surface area (Å²) in [7, 11) is 3.97. The van der Waals surface area contributed by atoms with E-state index in [9.17, 15) is 5.11 Å². The summed E-state index contributed by atoms with van der Waals surface area (Å²) in [6.45, 7) is 13.0. The first-order valence-electron chi connectivity index (χ1n) is 9.74. The third-order valence-corrected chi connectivity index (χ3v) is 5.58. The molecular weight excluding hydrogens is 304 g/mol. The van der Waals surface area contributed by atoms with E-state index in [1.807, 2.05) is 21.0 Å². The lowest BCUT2D eigenvalue weighted by Gasteiger charge is -2.34. The number of nitrogens with one attached hydrogen (secondary N) is 1. The molecule has 24 heavy (non-hydrogen) atoms. The lowest BCUT2D eigenvalue weighted by molar-refractivity contribution is 0.108. The standard InChI is InChI=1S/2C8H16N2O.C2H6/c1-11-8-4-7-5-9-2-3-10(7)6-8;1-9-2-3-10-6-8(11)4-7(10)5-9;1-2/h7-9H,2-6H2,1H3;7-8,11H,2-6H2,1H3;1-2H3. The Labute approximate surface area is 148 Å². The van der Waals surface area contributed by atoms with Crippen LogP contribution < -0.4 is 5.32 Å². The van der Waals surface area contributed by atoms with E-state index in [2.05, 4.69) is 27.1 Å². The summed E-state index contributed by atoms with van der Waals surface area (Å²) < 4.78 is 5.33. The summed E-state index contributed by atoms with van der Waals surface area (Å²) in [5.74, 6) is 0. The van der Waals surface area contributed by atoms with Gasteiger partial charge in [-0.2, -0.15) is 0 Å². The number of hydrogen-bond donors (Lipinski definition) is 2. The number of fused-ring (bicyclic) bond motifs is 2. The molecule has 6 nitrogen and oxygen atoms in total. The quantitative estimate of drug-likeness (QED) is 0.704. The lowest BCUT2D eigenvalue weighted by Crippen LogP contribution is -2.48. The Morgan fingerprint density at radius 3 is 2.42 bits per heavy atom. The van der Waals surface area contributed by atoms with Crippen LogP contribution in [0.15, 0.2) is 0 Å². The van der Waals surface area contributed by atoms with Crippen molar-refractivity contribution in [3.8, 4) is 0 Å². The molecule has 4 fully saturated rings. The normalized spacial score (nSPS) is 36.9. The highest BCUT2D eigenvalue weighted by molar-refractivity contribution is 4.90. The maximum absolute atomic E-state index is 9.39. The van der Waals surface area contributed by atoms with E-state index in [0.717, 1.165) is 58.3 Å². The number of nitrogens with zero attached hydrogens (tertiary/aromatic N) is 3. The van der Waals surface area contributed by atoms with Crippen LogP contribution in [0.1, 0.15) is 26.7 Å². The molecule has 4 atom stereocenters. The first-order chi connectivity index (χ1) is 11.7. The number of rotatable bonds is 1. The minimum absolute atomic E-state index is 0.0634. The van der Waals surface area contributed by atoms with Crippen molar-refractivity contribution in [2.45, 2.75) is 51.0 Å². The predicted molar refractivity (Wildman–Crippen MR) is 98.5 cm³/mol. The molecule has 142 valence electrons. The number of likely N-dealkylation sites (N-methyl/N-ethyl adjacent to an activating group) is 1. The van der Waals surface area contributed by atoms with Gasteiger partial charge in [0.2, 0.25) is 0 Å². The summed E-state index contributed by atoms with van der Waals surface area (Å²) in [5, 5.41) is 12.8. The molecule has 4 aliphatic rings. The molecule has 0 bridgehead atoms. The van der Waals surface area contributed by atoms with Gasteiger partial charge in [0.05, 0.1) is 12.2 Å². The van der Waals surface area contributed by atoms with Gasteiger partial charge in [-0.1, -0.05) is 13.8 Å². The second-order valence-corrected chi connectivity index (χ2v) is 7.25. The number of aliphatic hydroxyl groups excluding tert-OH is 1. The van der Waals surface area contributed by atoms with Crippen LogP contribution in [0.5, 0.6) is 0 Å². The molecule has 4 saturated heterocycles. The number of ether oxygens (including phenoxy) is 1. The number of methoxy groups -OCH3 is 1. The van der Waals surface area contributed by atoms with E-state index in [-0.39, 0.29) is 6.10 Å². The van der Waals surface area contributed by atoms with Gasteiger partial charge in [-0.25, -0.2) is 0 Å². The molecule has 0 aliphatic carbocycles. The molecule has 2 N–H and O–H groups in total. The Balaban J connectivity index is 0.000000158. The molecule has 4 unspecified atom stereocenters. The first kappa shape index (κ1) is 20.1. The molecule has 0 aromatic rings. The lowest BCUT2D eigenvalue weighted by atomic mass is 10.1. The maximum Gasteiger partial charge on any atom is 0.0713 e. The van der Waals surface area contributed by atoms with Gasteiger partial charge in [0.1, 0.15) is 0 Å². The molecular formula is C18H38N4O2. The van der Waals surface area contributed by atoms with Crippen LogP contribution in [0.4, 0.5) is 0 Å². The highest BCUT2D eigenvalue weighted by atomic mass is 16.5. The van der Waals surface area contributed by atoms with Crippen molar-refractivity contribution in [2.75, 3.05) is 66.5 Å². The van der Waals surface area contributed by atoms with Crippen LogP contribution in [-0.2, 0) is 4.74 Å². The Kier molecular flexibility index (Phi) is 8.40. The van der Waals surface area contributed by atoms with Crippen LogP contribution in [0.25, 0.3) is 0 Å². The van der Waals surface area contributed by atoms with Crippen molar-refractivity contribution in [3.05, 3.63) is 0 Å². The van der Waals surface area contributed by atoms with E-state index < -0.39 is 0 Å². The van der Waals surface area contributed by atoms with Gasteiger partial charge in [-0.3, -0.25) is 9.80 Å². The van der Waals surface area contributed by atoms with Gasteiger partial charge in [-0.15, -0.1) is 0 Å². The fourth-order valence-electron chi connectivity index (χ4n) is 4.26. The minimum Gasteiger partial charge on any atom is -0.392 e. The van der Waals surface area contributed by atoms with Crippen molar-refractivity contribution in [2.24, 2.45) is 0 Å². The van der Waals surface area contributed by atoms with Crippen molar-refractivity contribution in [1.29, 1.82) is 0 Å². The van der Waals surface area contributed by atoms with Gasteiger partial charge in [0, 0.05) is 71.6 Å². The van der Waals surface area contributed by atoms with Crippen LogP contribution >= 0.6 is 0 Å². The number of hydrogen-bond acceptors (Lipinski definition) is 6. The fourth-order valence-corrected chi connectivity index (χ4v) is 4.26. The minimum atomic E-state index is -0.0634. The third kappa shape index (κ3) is 5.38. The fraction of sp³-hybridized carbons (Fsp3) is 1.00. The molecule has 0 aromatic heterocycles. The Morgan fingerprint density at radius 1 is 0.958 bits per heavy atom. The van der Waals surface area contributed by atoms with Crippen LogP contribution in [0, 0.1) is 0 Å². The van der Waals surface area contributed by atoms with Gasteiger partial charge >= 0.3 is 0 Å². The molecule has 0 saturated carbocycles. The van der Waals surface area contributed by atoms with Gasteiger partial charge in [-0.05, 0) is 19.9 Å². The Bertz CT molecular complexity index is 344. The molecule has 6 heteroatoms. The number of piperazine rings is 2. The summed E-state index contributed by atoms with van der Waals surface area (Å²) in [6.07, 6.45) is 2.61. The monoisotopic (exact) mass is 342 g/mol. The molecule has 0 spiro atoms. The molecule has 4 aliphatic heterocycles. The summed E-state index contributed by atoms with van der Waals surface area (Å²) in [4.78, 5) is 7.29. The van der Waals surface area contributed by atoms with Gasteiger partial charge in [0.25, 0.3) is 0 Å². The smallest absolute Gasteiger partial charge is 0.0713 e. The molecule has 4 rings (SSSR count). The zero-order valence-electron chi connectivity index (χ0n) is 16.1. The van der Waals surface area contributed by atoms with E-state index >= 15 is 0 Å². The summed E-state index contributed by atoms with van der Waals surface area (Å²) in [5.41, 5.74) is 0. The van der Waals surface area contributed by atoms with E-state index in [1.54, 1.807) is 0 Å². The van der Waals surface area contributed by atoms with E-state index in [4.69, 9.17) is 4.74 Å². The third-order valence-electron chi connectivity index (χ3n) is 5.58. The Morgan fingerprint density at radius 2 is 1.71 bits per heavy atom. The molecule has 0 radical (unpaired) electrons. The molecule has 0 aromatic carbocycles. The highest BCUT2D eigenvalue weighted by Crippen LogP contribution is 2.21. The van der Waals surface area contributed by atoms with Crippen LogP contribution in [0.2, 0.25) is 0 Å². The van der Waals surface area contributed by atoms with Crippen LogP contribution in [-0.4, -0.2) is 111 Å². The predicted octanol–water partition coefficient (Wildman–Crippen LogP) is 0.0721. The van der Waals surface area contributed by atoms with Crippen molar-refractivity contribution >= 4 is 0 Å². The average Bonchev–Trinajstić information content (AvgIpc) is 3.18. The topological polar surface area (TPSA) is 51.2 Å². The highest BCUT2D eigenvalue weighted by Gasteiger charge is 2.34. The zero-order valence-corrected chi connectivity index (χ0v) is 16.1. The van der Waals surface area contributed by atoms with E-state index in [0.29, 0.717) is 12.1 Å².